The molecule has 0 saturated carbocycles. The van der Waals surface area contributed by atoms with Crippen LogP contribution in [0.1, 0.15) is 11.1 Å². The Labute approximate surface area is 355 Å². The molecule has 2 aliphatic carbocycles. The van der Waals surface area contributed by atoms with Gasteiger partial charge >= 0.3 is 0 Å². The Morgan fingerprint density at radius 2 is 0.984 bits per heavy atom. The molecular weight excluding hydrogens is 753 g/mol. The monoisotopic (exact) mass is 782 g/mol. The van der Waals surface area contributed by atoms with Gasteiger partial charge in [-0.05, 0) is 133 Å². The third kappa shape index (κ3) is 4.22. The summed E-state index contributed by atoms with van der Waals surface area (Å²) >= 11 is 0. The van der Waals surface area contributed by atoms with Crippen molar-refractivity contribution in [1.29, 1.82) is 10.5 Å². The van der Waals surface area contributed by atoms with Crippen LogP contribution in [0.2, 0.25) is 0 Å². The summed E-state index contributed by atoms with van der Waals surface area (Å²) in [6, 6.07) is 70.0. The van der Waals surface area contributed by atoms with Gasteiger partial charge in [0.1, 0.15) is 0 Å². The Bertz CT molecular complexity index is 4120. The van der Waals surface area contributed by atoms with E-state index in [0.717, 1.165) is 44.6 Å². The van der Waals surface area contributed by atoms with E-state index in [4.69, 9.17) is 0 Å². The van der Waals surface area contributed by atoms with Crippen molar-refractivity contribution in [3.63, 3.8) is 0 Å². The van der Waals surface area contributed by atoms with Gasteiger partial charge in [0.25, 0.3) is 0 Å². The molecule has 12 aromatic rings. The van der Waals surface area contributed by atoms with Gasteiger partial charge in [0.15, 0.2) is 0 Å². The van der Waals surface area contributed by atoms with Crippen LogP contribution >= 0.6 is 0 Å². The zero-order valence-corrected chi connectivity index (χ0v) is 33.1. The van der Waals surface area contributed by atoms with E-state index in [-0.39, 0.29) is 0 Å². The Kier molecular flexibility index (Phi) is 6.40. The van der Waals surface area contributed by atoms with Crippen molar-refractivity contribution in [3.05, 3.63) is 193 Å². The quantitative estimate of drug-likeness (QED) is 0.179. The maximum Gasteiger partial charge on any atom is 0.0992 e. The van der Waals surface area contributed by atoms with Crippen molar-refractivity contribution in [2.24, 2.45) is 0 Å². The molecule has 14 rings (SSSR count). The molecule has 0 saturated heterocycles. The molecule has 0 fully saturated rings. The van der Waals surface area contributed by atoms with Crippen LogP contribution in [0.4, 0.5) is 0 Å². The van der Waals surface area contributed by atoms with Gasteiger partial charge in [-0.15, -0.1) is 0 Å². The molecular formula is C58H30N4. The summed E-state index contributed by atoms with van der Waals surface area (Å²) < 4.78 is 4.69. The fraction of sp³-hybridized carbons (Fsp3) is 0. The van der Waals surface area contributed by atoms with Crippen LogP contribution in [0.5, 0.6) is 0 Å². The van der Waals surface area contributed by atoms with Gasteiger partial charge in [0.05, 0.1) is 45.3 Å². The second-order valence-corrected chi connectivity index (χ2v) is 16.6. The Morgan fingerprint density at radius 1 is 0.339 bits per heavy atom. The van der Waals surface area contributed by atoms with Crippen LogP contribution in [-0.2, 0) is 0 Å². The van der Waals surface area contributed by atoms with Crippen molar-refractivity contribution in [2.45, 2.75) is 0 Å². The minimum Gasteiger partial charge on any atom is -0.309 e. The highest BCUT2D eigenvalue weighted by atomic mass is 15.0. The summed E-state index contributed by atoms with van der Waals surface area (Å²) in [6.07, 6.45) is 0. The first-order chi connectivity index (χ1) is 30.7. The molecule has 2 aromatic heterocycles. The summed E-state index contributed by atoms with van der Waals surface area (Å²) in [7, 11) is 0. The SMILES string of the molecule is N#Cc1cccc(-n2c3ccccc3c3c4c(ccc32)-c2cc(-c3ccc5c6ccc7c(c6n(-c6cccc(C#N)c6)c5c3)-c3cccc5cccc-7c35)cc3cccc-4c23)c1. The van der Waals surface area contributed by atoms with Gasteiger partial charge in [0.2, 0.25) is 0 Å². The number of nitriles is 2. The fourth-order valence-corrected chi connectivity index (χ4v) is 11.1. The third-order valence-corrected chi connectivity index (χ3v) is 13.6. The number of nitrogens with zero attached hydrogens (tertiary/aromatic N) is 4. The number of hydrogen-bond donors (Lipinski definition) is 0. The first-order valence-corrected chi connectivity index (χ1v) is 21.0. The molecule has 0 unspecified atom stereocenters. The van der Waals surface area contributed by atoms with Gasteiger partial charge in [-0.1, -0.05) is 115 Å². The molecule has 0 radical (unpaired) electrons. The molecule has 2 heterocycles. The minimum atomic E-state index is 0.631. The number of rotatable bonds is 3. The van der Waals surface area contributed by atoms with Crippen LogP contribution in [0, 0.1) is 22.7 Å². The van der Waals surface area contributed by atoms with Crippen molar-refractivity contribution in [1.82, 2.24) is 9.13 Å². The molecule has 0 aliphatic heterocycles. The number of hydrogen-bond acceptors (Lipinski definition) is 2. The Hall–Kier alpha value is -8.70. The summed E-state index contributed by atoms with van der Waals surface area (Å²) in [5.74, 6) is 0. The van der Waals surface area contributed by atoms with Gasteiger partial charge < -0.3 is 9.13 Å². The molecule has 4 heteroatoms. The van der Waals surface area contributed by atoms with Crippen LogP contribution in [0.25, 0.3) is 132 Å². The highest BCUT2D eigenvalue weighted by Crippen LogP contribution is 2.55. The van der Waals surface area contributed by atoms with Crippen LogP contribution in [0.15, 0.2) is 182 Å². The lowest BCUT2D eigenvalue weighted by Gasteiger charge is -2.13. The fourth-order valence-electron chi connectivity index (χ4n) is 11.1. The van der Waals surface area contributed by atoms with Crippen molar-refractivity contribution in [3.8, 4) is 79.1 Å². The summed E-state index contributed by atoms with van der Waals surface area (Å²) in [4.78, 5) is 0. The number of fused-ring (bicyclic) bond motifs is 14. The maximum atomic E-state index is 10.1. The van der Waals surface area contributed by atoms with Crippen LogP contribution in [-0.4, -0.2) is 9.13 Å². The number of para-hydroxylation sites is 1. The first kappa shape index (κ1) is 33.2. The van der Waals surface area contributed by atoms with Crippen LogP contribution < -0.4 is 0 Å². The van der Waals surface area contributed by atoms with E-state index in [1.54, 1.807) is 0 Å². The second kappa shape index (κ2) is 12.0. The van der Waals surface area contributed by atoms with E-state index in [1.807, 2.05) is 36.4 Å². The average Bonchev–Trinajstić information content (AvgIpc) is 4.05. The zero-order valence-electron chi connectivity index (χ0n) is 33.1. The lowest BCUT2D eigenvalue weighted by molar-refractivity contribution is 1.18. The predicted molar refractivity (Wildman–Crippen MR) is 254 cm³/mol. The molecule has 62 heavy (non-hydrogen) atoms. The first-order valence-electron chi connectivity index (χ1n) is 21.0. The van der Waals surface area contributed by atoms with E-state index in [1.165, 1.54) is 87.6 Å². The predicted octanol–water partition coefficient (Wildman–Crippen LogP) is 14.9. The lowest BCUT2D eigenvalue weighted by atomic mass is 9.95. The van der Waals surface area contributed by atoms with Gasteiger partial charge in [0, 0.05) is 44.0 Å². The molecule has 2 aliphatic rings. The topological polar surface area (TPSA) is 57.4 Å². The lowest BCUT2D eigenvalue weighted by Crippen LogP contribution is -1.96. The van der Waals surface area contributed by atoms with E-state index >= 15 is 0 Å². The molecule has 282 valence electrons. The van der Waals surface area contributed by atoms with Crippen molar-refractivity contribution < 1.29 is 0 Å². The average molecular weight is 783 g/mol. The minimum absolute atomic E-state index is 0.631. The van der Waals surface area contributed by atoms with E-state index < -0.39 is 0 Å². The molecule has 0 bridgehead atoms. The highest BCUT2D eigenvalue weighted by Gasteiger charge is 2.29. The second-order valence-electron chi connectivity index (χ2n) is 16.6. The molecule has 0 atom stereocenters. The van der Waals surface area contributed by atoms with E-state index in [9.17, 15) is 10.5 Å². The third-order valence-electron chi connectivity index (χ3n) is 13.6. The summed E-state index contributed by atoms with van der Waals surface area (Å²) in [6.45, 7) is 0. The maximum absolute atomic E-state index is 10.1. The van der Waals surface area contributed by atoms with Crippen molar-refractivity contribution >= 4 is 65.2 Å². The summed E-state index contributed by atoms with van der Waals surface area (Å²) in [5, 5.41) is 29.7. The largest absolute Gasteiger partial charge is 0.309 e. The number of benzene rings is 10. The normalized spacial score (nSPS) is 12.2. The molecule has 4 nitrogen and oxygen atoms in total. The number of aromatic nitrogens is 2. The molecule has 0 N–H and O–H groups in total. The zero-order chi connectivity index (χ0) is 40.8. The van der Waals surface area contributed by atoms with E-state index in [0.29, 0.717) is 11.1 Å². The van der Waals surface area contributed by atoms with Gasteiger partial charge in [-0.2, -0.15) is 10.5 Å². The molecule has 0 spiro atoms. The summed E-state index contributed by atoms with van der Waals surface area (Å²) in [5.41, 5.74) is 20.0. The highest BCUT2D eigenvalue weighted by molar-refractivity contribution is 6.28. The van der Waals surface area contributed by atoms with Crippen LogP contribution in [0.3, 0.4) is 0 Å². The Morgan fingerprint density at radius 3 is 1.77 bits per heavy atom. The van der Waals surface area contributed by atoms with Gasteiger partial charge in [-0.25, -0.2) is 0 Å². The molecule has 0 amide bonds. The van der Waals surface area contributed by atoms with E-state index in [2.05, 4.69) is 167 Å². The van der Waals surface area contributed by atoms with Crippen molar-refractivity contribution in [2.75, 3.05) is 0 Å². The standard InChI is InChI=1S/C58H30N4/c59-31-33-8-3-13-39(26-33)61-50-19-2-1-15-46(50)57-51(61)25-24-44-49-29-38(28-37-12-7-17-47(54(37)49)55(44)57)36-20-21-41-45-23-22-43-42-16-5-10-35-11-6-18-48(53(35)42)56(43)58(45)62(52(41)30-36)40-14-4-9-34(27-40)32-60/h1-30H. The Balaban J connectivity index is 1.02. The molecule has 10 aromatic carbocycles. The smallest absolute Gasteiger partial charge is 0.0992 e. The van der Waals surface area contributed by atoms with Gasteiger partial charge in [-0.3, -0.25) is 0 Å².